The van der Waals surface area contributed by atoms with Crippen molar-refractivity contribution in [2.24, 2.45) is 5.92 Å². The Kier molecular flexibility index (Phi) is 5.43. The van der Waals surface area contributed by atoms with Crippen molar-refractivity contribution in [3.8, 4) is 0 Å². The molecule has 1 N–H and O–H groups in total. The minimum atomic E-state index is 0.148. The molecule has 2 aromatic heterocycles. The van der Waals surface area contributed by atoms with Crippen molar-refractivity contribution in [3.05, 3.63) is 28.8 Å². The zero-order valence-electron chi connectivity index (χ0n) is 14.8. The molecule has 0 amide bonds. The molecule has 130 valence electrons. The summed E-state index contributed by atoms with van der Waals surface area (Å²) in [6.07, 6.45) is 6.26. The van der Waals surface area contributed by atoms with Gasteiger partial charge in [0.15, 0.2) is 5.78 Å². The van der Waals surface area contributed by atoms with Gasteiger partial charge in [0.25, 0.3) is 0 Å². The Morgan fingerprint density at radius 1 is 1.38 bits per heavy atom. The van der Waals surface area contributed by atoms with Crippen LogP contribution < -0.4 is 0 Å². The normalized spacial score (nSPS) is 15.3. The molecule has 0 unspecified atom stereocenters. The lowest BCUT2D eigenvalue weighted by Crippen LogP contribution is -2.06. The summed E-state index contributed by atoms with van der Waals surface area (Å²) in [6, 6.07) is 1.99. The van der Waals surface area contributed by atoms with Crippen molar-refractivity contribution >= 4 is 17.5 Å². The third-order valence-corrected chi connectivity index (χ3v) is 5.84. The Labute approximate surface area is 147 Å². The van der Waals surface area contributed by atoms with Gasteiger partial charge in [-0.25, -0.2) is 4.98 Å². The number of nitrogens with zero attached hydrogens (tertiary/aromatic N) is 3. The summed E-state index contributed by atoms with van der Waals surface area (Å²) >= 11 is 1.42. The minimum absolute atomic E-state index is 0.148. The molecule has 2 aromatic rings. The fourth-order valence-corrected chi connectivity index (χ4v) is 4.40. The number of carbonyl (C=O) groups is 1. The van der Waals surface area contributed by atoms with Crippen molar-refractivity contribution < 1.29 is 4.79 Å². The van der Waals surface area contributed by atoms with E-state index in [1.807, 2.05) is 19.9 Å². The van der Waals surface area contributed by atoms with E-state index in [0.29, 0.717) is 10.9 Å². The summed E-state index contributed by atoms with van der Waals surface area (Å²) in [5, 5.41) is 7.97. The lowest BCUT2D eigenvalue weighted by atomic mass is 10.0. The zero-order valence-corrected chi connectivity index (χ0v) is 15.6. The van der Waals surface area contributed by atoms with Gasteiger partial charge >= 0.3 is 0 Å². The molecule has 1 aliphatic rings. The quantitative estimate of drug-likeness (QED) is 0.609. The van der Waals surface area contributed by atoms with Gasteiger partial charge < -0.3 is 4.57 Å². The van der Waals surface area contributed by atoms with Gasteiger partial charge in [-0.3, -0.25) is 9.89 Å². The number of Topliss-reactive ketones (excluding diaryl/α,β-unsaturated/α-hetero) is 1. The highest BCUT2D eigenvalue weighted by Gasteiger charge is 2.19. The predicted octanol–water partition coefficient (Wildman–Crippen LogP) is 3.95. The molecule has 2 heterocycles. The SMILES string of the molecule is CCn1c(C)cc(C(=O)CSc2n[nH]c(CC3CCCC3)n2)c1C. The largest absolute Gasteiger partial charge is 0.349 e. The second kappa shape index (κ2) is 7.55. The van der Waals surface area contributed by atoms with Crippen molar-refractivity contribution in [2.75, 3.05) is 5.75 Å². The highest BCUT2D eigenvalue weighted by Crippen LogP contribution is 2.27. The van der Waals surface area contributed by atoms with Gasteiger partial charge in [-0.2, -0.15) is 0 Å². The minimum Gasteiger partial charge on any atom is -0.349 e. The first kappa shape index (κ1) is 17.3. The van der Waals surface area contributed by atoms with Crippen LogP contribution in [-0.4, -0.2) is 31.3 Å². The molecule has 1 aliphatic carbocycles. The molecule has 0 aliphatic heterocycles. The number of H-pyrrole nitrogens is 1. The molecule has 0 bridgehead atoms. The van der Waals surface area contributed by atoms with E-state index in [1.165, 1.54) is 37.4 Å². The lowest BCUT2D eigenvalue weighted by molar-refractivity contribution is 0.102. The molecule has 0 radical (unpaired) electrons. The van der Waals surface area contributed by atoms with Crippen molar-refractivity contribution in [2.45, 2.75) is 64.6 Å². The maximum absolute atomic E-state index is 12.5. The highest BCUT2D eigenvalue weighted by atomic mass is 32.2. The Morgan fingerprint density at radius 2 is 2.12 bits per heavy atom. The summed E-state index contributed by atoms with van der Waals surface area (Å²) in [5.41, 5.74) is 3.01. The number of aromatic nitrogens is 4. The molecule has 0 spiro atoms. The van der Waals surface area contributed by atoms with Gasteiger partial charge in [-0.15, -0.1) is 5.10 Å². The molecular formula is C18H26N4OS. The number of aromatic amines is 1. The lowest BCUT2D eigenvalue weighted by Gasteiger charge is -2.05. The fraction of sp³-hybridized carbons (Fsp3) is 0.611. The van der Waals surface area contributed by atoms with Gasteiger partial charge in [0.2, 0.25) is 5.16 Å². The average Bonchev–Trinajstić information content (AvgIpc) is 3.28. The molecule has 6 heteroatoms. The maximum Gasteiger partial charge on any atom is 0.208 e. The standard InChI is InChI=1S/C18H26N4OS/c1-4-22-12(2)9-15(13(22)3)16(23)11-24-18-19-17(20-21-18)10-14-7-5-6-8-14/h9,14H,4-8,10-11H2,1-3H3,(H,19,20,21). The topological polar surface area (TPSA) is 63.6 Å². The first-order chi connectivity index (χ1) is 11.6. The molecule has 5 nitrogen and oxygen atoms in total. The van der Waals surface area contributed by atoms with E-state index in [0.717, 1.165) is 41.7 Å². The highest BCUT2D eigenvalue weighted by molar-refractivity contribution is 7.99. The Bertz CT molecular complexity index is 713. The predicted molar refractivity (Wildman–Crippen MR) is 96.7 cm³/mol. The van der Waals surface area contributed by atoms with Crippen LogP contribution in [0.2, 0.25) is 0 Å². The van der Waals surface area contributed by atoms with Crippen molar-refractivity contribution in [1.82, 2.24) is 19.7 Å². The molecule has 0 atom stereocenters. The van der Waals surface area contributed by atoms with Gasteiger partial charge in [0.05, 0.1) is 5.75 Å². The summed E-state index contributed by atoms with van der Waals surface area (Å²) < 4.78 is 2.17. The van der Waals surface area contributed by atoms with E-state index in [4.69, 9.17) is 0 Å². The van der Waals surface area contributed by atoms with Crippen LogP contribution in [0.4, 0.5) is 0 Å². The molecule has 24 heavy (non-hydrogen) atoms. The summed E-state index contributed by atoms with van der Waals surface area (Å²) in [4.78, 5) is 17.0. The molecular weight excluding hydrogens is 320 g/mol. The number of nitrogens with one attached hydrogen (secondary N) is 1. The monoisotopic (exact) mass is 346 g/mol. The number of rotatable bonds is 7. The Balaban J connectivity index is 1.57. The summed E-state index contributed by atoms with van der Waals surface area (Å²) in [5.74, 6) is 2.24. The average molecular weight is 347 g/mol. The van der Waals surface area contributed by atoms with Crippen LogP contribution in [0, 0.1) is 19.8 Å². The fourth-order valence-electron chi connectivity index (χ4n) is 3.70. The van der Waals surface area contributed by atoms with Crippen LogP contribution >= 0.6 is 11.8 Å². The van der Waals surface area contributed by atoms with Crippen molar-refractivity contribution in [1.29, 1.82) is 0 Å². The number of hydrogen-bond donors (Lipinski definition) is 1. The molecule has 3 rings (SSSR count). The Morgan fingerprint density at radius 3 is 2.79 bits per heavy atom. The summed E-state index contributed by atoms with van der Waals surface area (Å²) in [7, 11) is 0. The van der Waals surface area contributed by atoms with E-state index in [1.54, 1.807) is 0 Å². The second-order valence-electron chi connectivity index (χ2n) is 6.66. The van der Waals surface area contributed by atoms with Crippen LogP contribution in [0.15, 0.2) is 11.2 Å². The molecule has 1 fully saturated rings. The molecule has 0 saturated heterocycles. The van der Waals surface area contributed by atoms with E-state index in [2.05, 4.69) is 26.7 Å². The first-order valence-electron chi connectivity index (χ1n) is 8.82. The van der Waals surface area contributed by atoms with Crippen LogP contribution in [0.5, 0.6) is 0 Å². The van der Waals surface area contributed by atoms with E-state index in [9.17, 15) is 4.79 Å². The number of aryl methyl sites for hydroxylation is 1. The maximum atomic E-state index is 12.5. The van der Waals surface area contributed by atoms with Gasteiger partial charge in [0.1, 0.15) is 5.82 Å². The van der Waals surface area contributed by atoms with E-state index < -0.39 is 0 Å². The molecule has 1 saturated carbocycles. The first-order valence-corrected chi connectivity index (χ1v) is 9.81. The smallest absolute Gasteiger partial charge is 0.208 e. The zero-order chi connectivity index (χ0) is 17.1. The third-order valence-electron chi connectivity index (χ3n) is 4.99. The van der Waals surface area contributed by atoms with Crippen LogP contribution in [0.3, 0.4) is 0 Å². The number of thioether (sulfide) groups is 1. The summed E-state index contributed by atoms with van der Waals surface area (Å²) in [6.45, 7) is 7.05. The van der Waals surface area contributed by atoms with Crippen LogP contribution in [-0.2, 0) is 13.0 Å². The van der Waals surface area contributed by atoms with Crippen LogP contribution in [0.25, 0.3) is 0 Å². The van der Waals surface area contributed by atoms with Gasteiger partial charge in [0, 0.05) is 29.9 Å². The number of hydrogen-bond acceptors (Lipinski definition) is 4. The number of ketones is 1. The van der Waals surface area contributed by atoms with Gasteiger partial charge in [-0.05, 0) is 32.8 Å². The third kappa shape index (κ3) is 3.74. The Hall–Kier alpha value is -1.56. The molecule has 0 aromatic carbocycles. The van der Waals surface area contributed by atoms with Crippen LogP contribution in [0.1, 0.15) is 60.2 Å². The van der Waals surface area contributed by atoms with E-state index >= 15 is 0 Å². The van der Waals surface area contributed by atoms with E-state index in [-0.39, 0.29) is 5.78 Å². The van der Waals surface area contributed by atoms with Crippen molar-refractivity contribution in [3.63, 3.8) is 0 Å². The second-order valence-corrected chi connectivity index (χ2v) is 7.60. The number of carbonyl (C=O) groups excluding carboxylic acids is 1. The van der Waals surface area contributed by atoms with Gasteiger partial charge in [-0.1, -0.05) is 37.4 Å².